The number of halogens is 6. The molecule has 0 bridgehead atoms. The summed E-state index contributed by atoms with van der Waals surface area (Å²) in [4.78, 5) is 17.0. The first-order valence-electron chi connectivity index (χ1n) is 9.46. The third-order valence-electron chi connectivity index (χ3n) is 4.59. The zero-order valence-corrected chi connectivity index (χ0v) is 19.2. The Morgan fingerprint density at radius 1 is 1.12 bits per heavy atom. The van der Waals surface area contributed by atoms with Gasteiger partial charge in [-0.1, -0.05) is 54.7 Å². The van der Waals surface area contributed by atoms with E-state index in [1.54, 1.807) is 0 Å². The van der Waals surface area contributed by atoms with Crippen LogP contribution in [0.1, 0.15) is 31.4 Å². The summed E-state index contributed by atoms with van der Waals surface area (Å²) < 4.78 is 42.4. The van der Waals surface area contributed by atoms with Gasteiger partial charge in [-0.2, -0.15) is 13.2 Å². The second kappa shape index (κ2) is 9.39. The Hall–Kier alpha value is -2.13. The highest BCUT2D eigenvalue weighted by Gasteiger charge is 2.59. The lowest BCUT2D eigenvalue weighted by Gasteiger charge is -2.28. The van der Waals surface area contributed by atoms with Crippen LogP contribution in [0.5, 0.6) is 0 Å². The zero-order valence-electron chi connectivity index (χ0n) is 16.9. The lowest BCUT2D eigenvalue weighted by atomic mass is 9.91. The van der Waals surface area contributed by atoms with Gasteiger partial charge in [0.15, 0.2) is 0 Å². The fourth-order valence-electron chi connectivity index (χ4n) is 3.10. The van der Waals surface area contributed by atoms with Crippen LogP contribution in [0, 0.1) is 5.92 Å². The highest BCUT2D eigenvalue weighted by molar-refractivity contribution is 6.34. The minimum absolute atomic E-state index is 0.0386. The van der Waals surface area contributed by atoms with Crippen molar-refractivity contribution in [3.8, 4) is 0 Å². The van der Waals surface area contributed by atoms with Gasteiger partial charge in [-0.05, 0) is 42.3 Å². The number of hydrazine groups is 1. The number of amides is 1. The van der Waals surface area contributed by atoms with Crippen molar-refractivity contribution < 1.29 is 22.8 Å². The van der Waals surface area contributed by atoms with Crippen LogP contribution in [0.25, 0.3) is 5.70 Å². The molecule has 3 rings (SSSR count). The van der Waals surface area contributed by atoms with Crippen LogP contribution < -0.4 is 16.3 Å². The lowest BCUT2D eigenvalue weighted by molar-refractivity contribution is -0.269. The Balaban J connectivity index is 1.95. The van der Waals surface area contributed by atoms with Gasteiger partial charge in [0.25, 0.3) is 0 Å². The molecule has 0 saturated heterocycles. The van der Waals surface area contributed by atoms with E-state index in [0.717, 1.165) is 18.2 Å². The first-order valence-corrected chi connectivity index (χ1v) is 10.6. The van der Waals surface area contributed by atoms with Gasteiger partial charge in [0.2, 0.25) is 11.5 Å². The molecule has 0 spiro atoms. The van der Waals surface area contributed by atoms with Crippen molar-refractivity contribution in [3.05, 3.63) is 68.7 Å². The summed E-state index contributed by atoms with van der Waals surface area (Å²) in [5.74, 6) is -0.101. The molecule has 3 N–H and O–H groups in total. The molecule has 2 aromatic rings. The second-order valence-electron chi connectivity index (χ2n) is 7.62. The van der Waals surface area contributed by atoms with Crippen LogP contribution in [-0.4, -0.2) is 12.1 Å². The van der Waals surface area contributed by atoms with Gasteiger partial charge in [0, 0.05) is 27.6 Å². The van der Waals surface area contributed by atoms with Crippen molar-refractivity contribution >= 4 is 52.1 Å². The summed E-state index contributed by atoms with van der Waals surface area (Å²) >= 11 is 18.0. The molecule has 1 aliphatic heterocycles. The van der Waals surface area contributed by atoms with Crippen LogP contribution in [0.15, 0.2) is 42.5 Å². The van der Waals surface area contributed by atoms with E-state index >= 15 is 0 Å². The van der Waals surface area contributed by atoms with E-state index in [9.17, 15) is 18.0 Å². The number of benzene rings is 2. The van der Waals surface area contributed by atoms with Crippen molar-refractivity contribution in [1.82, 2.24) is 10.9 Å². The maximum Gasteiger partial charge on any atom is 0.428 e. The van der Waals surface area contributed by atoms with E-state index in [2.05, 4.69) is 16.3 Å². The molecular formula is C21H19Cl3F3N3O2. The average molecular weight is 509 g/mol. The number of rotatable bonds is 6. The van der Waals surface area contributed by atoms with Crippen molar-refractivity contribution in [2.45, 2.75) is 32.0 Å². The summed E-state index contributed by atoms with van der Waals surface area (Å²) in [5, 5.41) is 0.343. The van der Waals surface area contributed by atoms with Gasteiger partial charge in [0.05, 0.1) is 16.4 Å². The number of nitrogens with one attached hydrogen (secondary N) is 3. The SMILES string of the molecule is CC(C)CC(=O)NNc1cc(C2=CC(c3cc(Cl)cc(Cl)c3)(C(F)(F)F)ON2)ccc1Cl. The molecule has 2 aromatic carbocycles. The predicted octanol–water partition coefficient (Wildman–Crippen LogP) is 6.47. The van der Waals surface area contributed by atoms with Gasteiger partial charge in [-0.15, -0.1) is 0 Å². The van der Waals surface area contributed by atoms with E-state index in [4.69, 9.17) is 39.6 Å². The number of anilines is 1. The molecule has 1 heterocycles. The van der Waals surface area contributed by atoms with Gasteiger partial charge in [-0.3, -0.25) is 26.0 Å². The van der Waals surface area contributed by atoms with Crippen LogP contribution in [-0.2, 0) is 15.2 Å². The lowest BCUT2D eigenvalue weighted by Crippen LogP contribution is -2.42. The second-order valence-corrected chi connectivity index (χ2v) is 8.90. The first-order chi connectivity index (χ1) is 14.9. The number of alkyl halides is 3. The van der Waals surface area contributed by atoms with Crippen molar-refractivity contribution in [2.24, 2.45) is 5.92 Å². The maximum atomic E-state index is 14.1. The number of hydroxylamine groups is 1. The first kappa shape index (κ1) is 24.5. The van der Waals surface area contributed by atoms with Crippen molar-refractivity contribution in [1.29, 1.82) is 0 Å². The van der Waals surface area contributed by atoms with Gasteiger partial charge < -0.3 is 0 Å². The summed E-state index contributed by atoms with van der Waals surface area (Å²) in [5.41, 5.74) is 5.16. The van der Waals surface area contributed by atoms with E-state index in [1.165, 1.54) is 24.3 Å². The Morgan fingerprint density at radius 3 is 2.38 bits per heavy atom. The number of carbonyl (C=O) groups excluding carboxylic acids is 1. The summed E-state index contributed by atoms with van der Waals surface area (Å²) in [6, 6.07) is 8.09. The van der Waals surface area contributed by atoms with Crippen molar-refractivity contribution in [3.63, 3.8) is 0 Å². The molecular weight excluding hydrogens is 490 g/mol. The Kier molecular flexibility index (Phi) is 7.19. The van der Waals surface area contributed by atoms with E-state index in [1.807, 2.05) is 13.8 Å². The van der Waals surface area contributed by atoms with Gasteiger partial charge in [0.1, 0.15) is 0 Å². The molecule has 0 saturated carbocycles. The topological polar surface area (TPSA) is 62.4 Å². The number of hydrogen-bond acceptors (Lipinski definition) is 4. The monoisotopic (exact) mass is 507 g/mol. The molecule has 0 aliphatic carbocycles. The maximum absolute atomic E-state index is 14.1. The Labute approximate surface area is 197 Å². The van der Waals surface area contributed by atoms with Gasteiger partial charge >= 0.3 is 6.18 Å². The van der Waals surface area contributed by atoms with E-state index in [-0.39, 0.29) is 38.2 Å². The molecule has 1 aliphatic rings. The number of hydrogen-bond donors (Lipinski definition) is 3. The molecule has 0 aromatic heterocycles. The van der Waals surface area contributed by atoms with Crippen LogP contribution in [0.4, 0.5) is 18.9 Å². The quantitative estimate of drug-likeness (QED) is 0.391. The third-order valence-corrected chi connectivity index (χ3v) is 5.36. The molecule has 32 heavy (non-hydrogen) atoms. The average Bonchev–Trinajstić information content (AvgIpc) is 3.13. The van der Waals surface area contributed by atoms with Crippen molar-refractivity contribution in [2.75, 3.05) is 5.43 Å². The normalized spacial score (nSPS) is 18.3. The third kappa shape index (κ3) is 5.26. The largest absolute Gasteiger partial charge is 0.428 e. The Bertz CT molecular complexity index is 1040. The molecule has 11 heteroatoms. The minimum Gasteiger partial charge on any atom is -0.297 e. The zero-order chi connectivity index (χ0) is 23.7. The van der Waals surface area contributed by atoms with E-state index in [0.29, 0.717) is 17.7 Å². The smallest absolute Gasteiger partial charge is 0.297 e. The molecule has 5 nitrogen and oxygen atoms in total. The van der Waals surface area contributed by atoms with Crippen LogP contribution in [0.2, 0.25) is 15.1 Å². The Morgan fingerprint density at radius 2 is 1.78 bits per heavy atom. The van der Waals surface area contributed by atoms with Crippen LogP contribution in [0.3, 0.4) is 0 Å². The molecule has 0 radical (unpaired) electrons. The summed E-state index contributed by atoms with van der Waals surface area (Å²) in [6.45, 7) is 3.79. The fraction of sp³-hybridized carbons (Fsp3) is 0.286. The van der Waals surface area contributed by atoms with E-state index < -0.39 is 11.8 Å². The highest BCUT2D eigenvalue weighted by Crippen LogP contribution is 2.48. The standard InChI is InChI=1S/C21H19Cl3F3N3O2/c1-11(2)5-19(31)29-28-17-6-12(3-4-16(17)24)18-10-20(32-30-18,21(25,26)27)13-7-14(22)9-15(23)8-13/h3-4,6-11,28,30H,5H2,1-2H3,(H,29,31). The number of carbonyl (C=O) groups is 1. The minimum atomic E-state index is -4.83. The summed E-state index contributed by atoms with van der Waals surface area (Å²) in [7, 11) is 0. The molecule has 0 fully saturated rings. The fourth-order valence-corrected chi connectivity index (χ4v) is 3.79. The summed E-state index contributed by atoms with van der Waals surface area (Å²) in [6.07, 6.45) is -3.63. The van der Waals surface area contributed by atoms with Crippen LogP contribution >= 0.6 is 34.8 Å². The molecule has 172 valence electrons. The molecule has 1 amide bonds. The molecule has 1 unspecified atom stereocenters. The molecule has 1 atom stereocenters. The highest BCUT2D eigenvalue weighted by atomic mass is 35.5. The predicted molar refractivity (Wildman–Crippen MR) is 119 cm³/mol. The van der Waals surface area contributed by atoms with Gasteiger partial charge in [-0.25, -0.2) is 0 Å².